The first-order valence-corrected chi connectivity index (χ1v) is 11.3. The molecule has 28 heavy (non-hydrogen) atoms. The lowest BCUT2D eigenvalue weighted by molar-refractivity contribution is -0.117. The molecule has 2 N–H and O–H groups in total. The summed E-state index contributed by atoms with van der Waals surface area (Å²) in [5.74, 6) is -0.642. The Kier molecular flexibility index (Phi) is 6.84. The molecule has 2 rings (SSSR count). The van der Waals surface area contributed by atoms with Gasteiger partial charge < -0.3 is 5.32 Å². The highest BCUT2D eigenvalue weighted by Gasteiger charge is 2.23. The SMILES string of the molecule is C[C@H](NS(=O)(=O)c1ccc(Cl)cc1)C(=O)Nc1cccc(S(=O)(=O)N(C)C)c1. The maximum atomic E-state index is 12.4. The number of nitrogens with one attached hydrogen (secondary N) is 2. The Labute approximate surface area is 169 Å². The third-order valence-corrected chi connectivity index (χ3v) is 7.35. The first-order valence-electron chi connectivity index (χ1n) is 8.05. The second kappa shape index (κ2) is 8.58. The molecule has 0 radical (unpaired) electrons. The van der Waals surface area contributed by atoms with Crippen molar-refractivity contribution in [2.45, 2.75) is 22.8 Å². The minimum absolute atomic E-state index is 0.00435. The normalized spacial score (nSPS) is 13.3. The lowest BCUT2D eigenvalue weighted by atomic mass is 10.3. The number of sulfonamides is 2. The van der Waals surface area contributed by atoms with Crippen LogP contribution in [0.3, 0.4) is 0 Å². The summed E-state index contributed by atoms with van der Waals surface area (Å²) >= 11 is 5.75. The Balaban J connectivity index is 2.14. The van der Waals surface area contributed by atoms with Crippen molar-refractivity contribution in [3.8, 4) is 0 Å². The molecule has 0 saturated carbocycles. The smallest absolute Gasteiger partial charge is 0.242 e. The van der Waals surface area contributed by atoms with Crippen molar-refractivity contribution in [1.29, 1.82) is 0 Å². The summed E-state index contributed by atoms with van der Waals surface area (Å²) in [6.45, 7) is 1.38. The molecule has 2 aromatic rings. The van der Waals surface area contributed by atoms with Gasteiger partial charge in [0.25, 0.3) is 0 Å². The third-order valence-electron chi connectivity index (χ3n) is 3.73. The van der Waals surface area contributed by atoms with Gasteiger partial charge >= 0.3 is 0 Å². The van der Waals surface area contributed by atoms with E-state index in [1.165, 1.54) is 69.6 Å². The molecule has 1 amide bonds. The number of nitrogens with zero attached hydrogens (tertiary/aromatic N) is 1. The molecule has 0 aromatic heterocycles. The van der Waals surface area contributed by atoms with E-state index in [-0.39, 0.29) is 15.5 Å². The van der Waals surface area contributed by atoms with E-state index in [1.54, 1.807) is 0 Å². The van der Waals surface area contributed by atoms with Crippen LogP contribution in [0, 0.1) is 0 Å². The lowest BCUT2D eigenvalue weighted by Gasteiger charge is -2.16. The number of carbonyl (C=O) groups is 1. The Hall–Kier alpha value is -1.98. The van der Waals surface area contributed by atoms with Crippen molar-refractivity contribution in [3.05, 3.63) is 53.6 Å². The number of rotatable bonds is 7. The average molecular weight is 446 g/mol. The first-order chi connectivity index (χ1) is 12.9. The van der Waals surface area contributed by atoms with Crippen LogP contribution in [0.15, 0.2) is 58.3 Å². The molecule has 0 aliphatic rings. The second-order valence-corrected chi connectivity index (χ2v) is 10.4. The Morgan fingerprint density at radius 1 is 1.00 bits per heavy atom. The fraction of sp³-hybridized carbons (Fsp3) is 0.235. The average Bonchev–Trinajstić information content (AvgIpc) is 2.61. The Bertz CT molecular complexity index is 1070. The van der Waals surface area contributed by atoms with Crippen LogP contribution in [-0.2, 0) is 24.8 Å². The van der Waals surface area contributed by atoms with Crippen molar-refractivity contribution in [2.24, 2.45) is 0 Å². The van der Waals surface area contributed by atoms with Gasteiger partial charge in [-0.1, -0.05) is 17.7 Å². The van der Waals surface area contributed by atoms with E-state index in [9.17, 15) is 21.6 Å². The highest BCUT2D eigenvalue weighted by atomic mass is 35.5. The van der Waals surface area contributed by atoms with Crippen LogP contribution in [0.2, 0.25) is 5.02 Å². The molecule has 0 fully saturated rings. The number of halogens is 1. The van der Waals surface area contributed by atoms with Gasteiger partial charge in [-0.25, -0.2) is 21.1 Å². The summed E-state index contributed by atoms with van der Waals surface area (Å²) in [6, 6.07) is 10.1. The molecular formula is C17H20ClN3O5S2. The molecule has 2 aromatic carbocycles. The number of hydrogen-bond acceptors (Lipinski definition) is 5. The standard InChI is InChI=1S/C17H20ClN3O5S2/c1-12(20-27(23,24)15-9-7-13(18)8-10-15)17(22)19-14-5-4-6-16(11-14)28(25,26)21(2)3/h4-12,20H,1-3H3,(H,19,22)/t12-/m0/s1. The summed E-state index contributed by atoms with van der Waals surface area (Å²) in [4.78, 5) is 12.3. The second-order valence-electron chi connectivity index (χ2n) is 6.10. The molecular weight excluding hydrogens is 426 g/mol. The number of benzene rings is 2. The highest BCUT2D eigenvalue weighted by Crippen LogP contribution is 2.18. The summed E-state index contributed by atoms with van der Waals surface area (Å²) in [6.07, 6.45) is 0. The number of amides is 1. The molecule has 11 heteroatoms. The summed E-state index contributed by atoms with van der Waals surface area (Å²) in [5.41, 5.74) is 0.227. The molecule has 0 bridgehead atoms. The van der Waals surface area contributed by atoms with Crippen LogP contribution in [0.25, 0.3) is 0 Å². The van der Waals surface area contributed by atoms with E-state index in [2.05, 4.69) is 10.0 Å². The zero-order valence-electron chi connectivity index (χ0n) is 15.4. The van der Waals surface area contributed by atoms with Crippen molar-refractivity contribution < 1.29 is 21.6 Å². The van der Waals surface area contributed by atoms with Crippen LogP contribution in [-0.4, -0.2) is 47.2 Å². The monoisotopic (exact) mass is 445 g/mol. The Morgan fingerprint density at radius 3 is 2.18 bits per heavy atom. The minimum Gasteiger partial charge on any atom is -0.325 e. The van der Waals surface area contributed by atoms with Gasteiger partial charge in [-0.2, -0.15) is 4.72 Å². The largest absolute Gasteiger partial charge is 0.325 e. The summed E-state index contributed by atoms with van der Waals surface area (Å²) in [5, 5.41) is 2.89. The molecule has 0 aliphatic carbocycles. The van der Waals surface area contributed by atoms with Gasteiger partial charge in [0.1, 0.15) is 0 Å². The topological polar surface area (TPSA) is 113 Å². The van der Waals surface area contributed by atoms with Gasteiger partial charge in [-0.05, 0) is 49.4 Å². The maximum Gasteiger partial charge on any atom is 0.242 e. The number of anilines is 1. The van der Waals surface area contributed by atoms with E-state index < -0.39 is 32.0 Å². The van der Waals surface area contributed by atoms with Gasteiger partial charge in [-0.3, -0.25) is 4.79 Å². The maximum absolute atomic E-state index is 12.4. The van der Waals surface area contributed by atoms with E-state index in [1.807, 2.05) is 0 Å². The van der Waals surface area contributed by atoms with Crippen LogP contribution in [0.4, 0.5) is 5.69 Å². The predicted octanol–water partition coefficient (Wildman–Crippen LogP) is 1.90. The first kappa shape index (κ1) is 22.3. The summed E-state index contributed by atoms with van der Waals surface area (Å²) < 4.78 is 52.4. The molecule has 0 unspecified atom stereocenters. The van der Waals surface area contributed by atoms with Crippen molar-refractivity contribution in [3.63, 3.8) is 0 Å². The van der Waals surface area contributed by atoms with Crippen LogP contribution in [0.5, 0.6) is 0 Å². The summed E-state index contributed by atoms with van der Waals surface area (Å²) in [7, 11) is -4.80. The number of hydrogen-bond donors (Lipinski definition) is 2. The predicted molar refractivity (Wildman–Crippen MR) is 107 cm³/mol. The third kappa shape index (κ3) is 5.30. The van der Waals surface area contributed by atoms with Crippen molar-refractivity contribution in [2.75, 3.05) is 19.4 Å². The van der Waals surface area contributed by atoms with Crippen molar-refractivity contribution in [1.82, 2.24) is 9.03 Å². The Morgan fingerprint density at radius 2 is 1.61 bits per heavy atom. The van der Waals surface area contributed by atoms with Gasteiger partial charge in [0, 0.05) is 24.8 Å². The minimum atomic E-state index is -3.93. The van der Waals surface area contributed by atoms with E-state index in [0.717, 1.165) is 4.31 Å². The van der Waals surface area contributed by atoms with Crippen LogP contribution >= 0.6 is 11.6 Å². The van der Waals surface area contributed by atoms with Crippen LogP contribution < -0.4 is 10.0 Å². The zero-order valence-corrected chi connectivity index (χ0v) is 17.8. The lowest BCUT2D eigenvalue weighted by Crippen LogP contribution is -2.41. The molecule has 152 valence electrons. The fourth-order valence-electron chi connectivity index (χ4n) is 2.16. The van der Waals surface area contributed by atoms with Crippen molar-refractivity contribution >= 4 is 43.2 Å². The van der Waals surface area contributed by atoms with E-state index >= 15 is 0 Å². The molecule has 0 saturated heterocycles. The van der Waals surface area contributed by atoms with Gasteiger partial charge in [0.05, 0.1) is 15.8 Å². The molecule has 8 nitrogen and oxygen atoms in total. The van der Waals surface area contributed by atoms with Gasteiger partial charge in [0.2, 0.25) is 26.0 Å². The zero-order chi connectivity index (χ0) is 21.1. The quantitative estimate of drug-likeness (QED) is 0.675. The van der Waals surface area contributed by atoms with Gasteiger partial charge in [-0.15, -0.1) is 0 Å². The van der Waals surface area contributed by atoms with Gasteiger partial charge in [0.15, 0.2) is 0 Å². The molecule has 0 aliphatic heterocycles. The van der Waals surface area contributed by atoms with E-state index in [0.29, 0.717) is 5.02 Å². The fourth-order valence-corrected chi connectivity index (χ4v) is 4.44. The van der Waals surface area contributed by atoms with Crippen LogP contribution in [0.1, 0.15) is 6.92 Å². The molecule has 1 atom stereocenters. The highest BCUT2D eigenvalue weighted by molar-refractivity contribution is 7.89. The molecule has 0 spiro atoms. The molecule has 0 heterocycles. The van der Waals surface area contributed by atoms with E-state index in [4.69, 9.17) is 11.6 Å². The number of carbonyl (C=O) groups excluding carboxylic acids is 1.